The lowest BCUT2D eigenvalue weighted by Crippen LogP contribution is -1.77. The molecular weight excluding hydrogens is 250 g/mol. The lowest BCUT2D eigenvalue weighted by atomic mass is 10.1. The third kappa shape index (κ3) is 1.90. The van der Waals surface area contributed by atoms with Gasteiger partial charge in [-0.25, -0.2) is 0 Å². The van der Waals surface area contributed by atoms with Crippen LogP contribution in [0.1, 0.15) is 12.6 Å². The van der Waals surface area contributed by atoms with Gasteiger partial charge >= 0.3 is 0 Å². The Balaban J connectivity index is 2.61. The molecule has 1 aromatic carbocycles. The second-order valence-corrected chi connectivity index (χ2v) is 4.28. The standard InChI is InChI=1S/C13H12BrN/c1-3-9(4-2)13-8-10-7-11(14)5-6-12(10)15-13/h3-8,15H,1H2,2H3. The van der Waals surface area contributed by atoms with Gasteiger partial charge in [0.25, 0.3) is 0 Å². The van der Waals surface area contributed by atoms with Gasteiger partial charge in [-0.05, 0) is 36.8 Å². The van der Waals surface area contributed by atoms with Crippen LogP contribution >= 0.6 is 15.9 Å². The Morgan fingerprint density at radius 1 is 1.40 bits per heavy atom. The molecule has 0 bridgehead atoms. The smallest absolute Gasteiger partial charge is 0.0461 e. The minimum absolute atomic E-state index is 1.10. The van der Waals surface area contributed by atoms with Crippen LogP contribution < -0.4 is 0 Å². The number of aromatic nitrogens is 1. The van der Waals surface area contributed by atoms with E-state index < -0.39 is 0 Å². The number of fused-ring (bicyclic) bond motifs is 1. The number of H-pyrrole nitrogens is 1. The first-order valence-corrected chi connectivity index (χ1v) is 5.61. The highest BCUT2D eigenvalue weighted by Crippen LogP contribution is 2.24. The Morgan fingerprint density at radius 2 is 2.20 bits per heavy atom. The lowest BCUT2D eigenvalue weighted by Gasteiger charge is -1.94. The van der Waals surface area contributed by atoms with Crippen molar-refractivity contribution in [3.8, 4) is 0 Å². The van der Waals surface area contributed by atoms with Crippen molar-refractivity contribution in [3.63, 3.8) is 0 Å². The van der Waals surface area contributed by atoms with Gasteiger partial charge in [0.15, 0.2) is 0 Å². The third-order valence-electron chi connectivity index (χ3n) is 2.42. The van der Waals surface area contributed by atoms with Gasteiger partial charge in [0.2, 0.25) is 0 Å². The highest BCUT2D eigenvalue weighted by atomic mass is 79.9. The topological polar surface area (TPSA) is 15.8 Å². The van der Waals surface area contributed by atoms with Crippen molar-refractivity contribution in [3.05, 3.63) is 53.2 Å². The molecule has 2 aromatic rings. The maximum absolute atomic E-state index is 3.80. The van der Waals surface area contributed by atoms with E-state index >= 15 is 0 Å². The molecule has 1 N–H and O–H groups in total. The van der Waals surface area contributed by atoms with E-state index in [0.29, 0.717) is 0 Å². The summed E-state index contributed by atoms with van der Waals surface area (Å²) >= 11 is 3.46. The molecule has 0 unspecified atom stereocenters. The van der Waals surface area contributed by atoms with Gasteiger partial charge in [-0.2, -0.15) is 0 Å². The van der Waals surface area contributed by atoms with Gasteiger partial charge in [0.05, 0.1) is 0 Å². The predicted octanol–water partition coefficient (Wildman–Crippen LogP) is 4.52. The second-order valence-electron chi connectivity index (χ2n) is 3.36. The van der Waals surface area contributed by atoms with Crippen LogP contribution in [-0.2, 0) is 0 Å². The monoisotopic (exact) mass is 261 g/mol. The Hall–Kier alpha value is -1.28. The van der Waals surface area contributed by atoms with E-state index in [9.17, 15) is 0 Å². The number of allylic oxidation sites excluding steroid dienone is 3. The summed E-state index contributed by atoms with van der Waals surface area (Å²) in [5.41, 5.74) is 3.39. The number of hydrogen-bond acceptors (Lipinski definition) is 0. The van der Waals surface area contributed by atoms with Gasteiger partial charge in [0.1, 0.15) is 0 Å². The molecule has 15 heavy (non-hydrogen) atoms. The molecule has 2 rings (SSSR count). The summed E-state index contributed by atoms with van der Waals surface area (Å²) in [5, 5.41) is 1.21. The number of rotatable bonds is 2. The van der Waals surface area contributed by atoms with Gasteiger partial charge in [-0.1, -0.05) is 34.7 Å². The van der Waals surface area contributed by atoms with E-state index in [0.717, 1.165) is 21.3 Å². The van der Waals surface area contributed by atoms with Crippen LogP contribution in [0, 0.1) is 0 Å². The van der Waals surface area contributed by atoms with Crippen LogP contribution in [0.25, 0.3) is 16.5 Å². The van der Waals surface area contributed by atoms with Crippen molar-refractivity contribution in [2.45, 2.75) is 6.92 Å². The predicted molar refractivity (Wildman–Crippen MR) is 69.8 cm³/mol. The van der Waals surface area contributed by atoms with Crippen molar-refractivity contribution >= 4 is 32.4 Å². The lowest BCUT2D eigenvalue weighted by molar-refractivity contribution is 1.40. The SMILES string of the molecule is C=CC(=CC)c1cc2cc(Br)ccc2[nH]1. The fraction of sp³-hybridized carbons (Fsp3) is 0.0769. The zero-order valence-corrected chi connectivity index (χ0v) is 10.1. The van der Waals surface area contributed by atoms with Gasteiger partial charge in [-0.3, -0.25) is 0 Å². The quantitative estimate of drug-likeness (QED) is 0.766. The first-order chi connectivity index (χ1) is 7.24. The Morgan fingerprint density at radius 3 is 2.87 bits per heavy atom. The molecule has 0 spiro atoms. The summed E-state index contributed by atoms with van der Waals surface area (Å²) < 4.78 is 1.10. The zero-order valence-electron chi connectivity index (χ0n) is 8.55. The number of aromatic amines is 1. The molecule has 0 amide bonds. The van der Waals surface area contributed by atoms with Crippen LogP contribution in [0.3, 0.4) is 0 Å². The van der Waals surface area contributed by atoms with E-state index in [2.05, 4.69) is 45.7 Å². The molecule has 0 saturated carbocycles. The molecule has 1 nitrogen and oxygen atoms in total. The molecule has 1 aromatic heterocycles. The molecule has 0 saturated heterocycles. The van der Waals surface area contributed by atoms with Crippen molar-refractivity contribution in [1.29, 1.82) is 0 Å². The van der Waals surface area contributed by atoms with Crippen LogP contribution in [0.15, 0.2) is 47.5 Å². The van der Waals surface area contributed by atoms with Crippen LogP contribution in [0.2, 0.25) is 0 Å². The average Bonchev–Trinajstić information content (AvgIpc) is 2.62. The third-order valence-corrected chi connectivity index (χ3v) is 2.92. The van der Waals surface area contributed by atoms with E-state index in [4.69, 9.17) is 0 Å². The first kappa shape index (κ1) is 10.2. The summed E-state index contributed by atoms with van der Waals surface area (Å²) in [6.45, 7) is 5.81. The molecule has 1 heterocycles. The fourth-order valence-electron chi connectivity index (χ4n) is 1.64. The summed E-state index contributed by atoms with van der Waals surface area (Å²) in [6.07, 6.45) is 3.91. The molecule has 0 radical (unpaired) electrons. The highest BCUT2D eigenvalue weighted by Gasteiger charge is 2.02. The molecule has 0 atom stereocenters. The highest BCUT2D eigenvalue weighted by molar-refractivity contribution is 9.10. The van der Waals surface area contributed by atoms with Crippen molar-refractivity contribution in [1.82, 2.24) is 4.98 Å². The first-order valence-electron chi connectivity index (χ1n) is 4.82. The van der Waals surface area contributed by atoms with Crippen molar-refractivity contribution in [2.24, 2.45) is 0 Å². The fourth-order valence-corrected chi connectivity index (χ4v) is 2.02. The Labute approximate surface area is 97.6 Å². The van der Waals surface area contributed by atoms with Gasteiger partial charge in [-0.15, -0.1) is 0 Å². The molecular formula is C13H12BrN. The molecule has 0 aliphatic rings. The Bertz CT molecular complexity index is 534. The van der Waals surface area contributed by atoms with E-state index in [-0.39, 0.29) is 0 Å². The van der Waals surface area contributed by atoms with Crippen LogP contribution in [-0.4, -0.2) is 4.98 Å². The maximum Gasteiger partial charge on any atom is 0.0461 e. The maximum atomic E-state index is 3.80. The largest absolute Gasteiger partial charge is 0.355 e. The van der Waals surface area contributed by atoms with Gasteiger partial charge in [0, 0.05) is 21.1 Å². The van der Waals surface area contributed by atoms with Crippen LogP contribution in [0.4, 0.5) is 0 Å². The Kier molecular flexibility index (Phi) is 2.78. The van der Waals surface area contributed by atoms with E-state index in [1.54, 1.807) is 0 Å². The summed E-state index contributed by atoms with van der Waals surface area (Å²) in [4.78, 5) is 3.36. The minimum atomic E-state index is 1.10. The van der Waals surface area contributed by atoms with Crippen molar-refractivity contribution in [2.75, 3.05) is 0 Å². The number of halogens is 1. The summed E-state index contributed by atoms with van der Waals surface area (Å²) in [6, 6.07) is 8.34. The molecule has 0 aliphatic heterocycles. The number of nitrogens with one attached hydrogen (secondary N) is 1. The number of hydrogen-bond donors (Lipinski definition) is 1. The van der Waals surface area contributed by atoms with Crippen LogP contribution in [0.5, 0.6) is 0 Å². The second kappa shape index (κ2) is 4.07. The summed E-state index contributed by atoms with van der Waals surface area (Å²) in [5.74, 6) is 0. The molecule has 2 heteroatoms. The average molecular weight is 262 g/mol. The minimum Gasteiger partial charge on any atom is -0.355 e. The number of benzene rings is 1. The zero-order chi connectivity index (χ0) is 10.8. The van der Waals surface area contributed by atoms with E-state index in [1.165, 1.54) is 5.39 Å². The van der Waals surface area contributed by atoms with E-state index in [1.807, 2.05) is 25.1 Å². The normalized spacial score (nSPS) is 12.0. The molecule has 76 valence electrons. The van der Waals surface area contributed by atoms with Gasteiger partial charge < -0.3 is 4.98 Å². The summed E-state index contributed by atoms with van der Waals surface area (Å²) in [7, 11) is 0. The molecule has 0 fully saturated rings. The van der Waals surface area contributed by atoms with Crippen molar-refractivity contribution < 1.29 is 0 Å². The molecule has 0 aliphatic carbocycles.